The van der Waals surface area contributed by atoms with Gasteiger partial charge in [-0.05, 0) is 13.3 Å². The van der Waals surface area contributed by atoms with E-state index < -0.39 is 0 Å². The van der Waals surface area contributed by atoms with Crippen LogP contribution >= 0.6 is 0 Å². The Hall–Kier alpha value is -1.32. The molecule has 0 spiro atoms. The summed E-state index contributed by atoms with van der Waals surface area (Å²) in [6, 6.07) is 1.66. The van der Waals surface area contributed by atoms with Gasteiger partial charge in [0, 0.05) is 19.7 Å². The largest absolute Gasteiger partial charge is 0.351 e. The van der Waals surface area contributed by atoms with Crippen molar-refractivity contribution in [2.75, 3.05) is 13.6 Å². The van der Waals surface area contributed by atoms with Crippen molar-refractivity contribution < 1.29 is 9.32 Å². The molecule has 1 aromatic heterocycles. The fourth-order valence-corrected chi connectivity index (χ4v) is 1.15. The lowest BCUT2D eigenvalue weighted by atomic mass is 10.3. The standard InChI is InChI=1S/C10H16N2O2/c1-4-5-6-12(3)10(13)9-7-8(2)11-14-9/h7H,4-6H2,1-3H3. The van der Waals surface area contributed by atoms with E-state index in [1.165, 1.54) is 0 Å². The highest BCUT2D eigenvalue weighted by Crippen LogP contribution is 2.06. The molecule has 0 saturated carbocycles. The molecule has 4 nitrogen and oxygen atoms in total. The summed E-state index contributed by atoms with van der Waals surface area (Å²) in [6.07, 6.45) is 2.09. The van der Waals surface area contributed by atoms with Crippen molar-refractivity contribution in [1.82, 2.24) is 10.1 Å². The number of hydrogen-bond acceptors (Lipinski definition) is 3. The van der Waals surface area contributed by atoms with Gasteiger partial charge in [0.2, 0.25) is 5.76 Å². The molecule has 0 N–H and O–H groups in total. The molecule has 0 fully saturated rings. The Labute approximate surface area is 83.9 Å². The van der Waals surface area contributed by atoms with Crippen molar-refractivity contribution in [3.05, 3.63) is 17.5 Å². The minimum atomic E-state index is -0.0981. The first kappa shape index (κ1) is 10.8. The molecule has 4 heteroatoms. The molecule has 1 heterocycles. The van der Waals surface area contributed by atoms with Crippen LogP contribution in [0.15, 0.2) is 10.6 Å². The highest BCUT2D eigenvalue weighted by atomic mass is 16.5. The average molecular weight is 196 g/mol. The Morgan fingerprint density at radius 1 is 1.64 bits per heavy atom. The Kier molecular flexibility index (Phi) is 3.68. The molecule has 0 radical (unpaired) electrons. The first-order chi connectivity index (χ1) is 6.65. The van der Waals surface area contributed by atoms with Crippen LogP contribution in [0, 0.1) is 6.92 Å². The van der Waals surface area contributed by atoms with Gasteiger partial charge in [-0.15, -0.1) is 0 Å². The van der Waals surface area contributed by atoms with Crippen molar-refractivity contribution in [1.29, 1.82) is 0 Å². The van der Waals surface area contributed by atoms with Crippen molar-refractivity contribution in [3.63, 3.8) is 0 Å². The molecule has 0 aliphatic rings. The number of nitrogens with zero attached hydrogens (tertiary/aromatic N) is 2. The Balaban J connectivity index is 2.56. The van der Waals surface area contributed by atoms with E-state index in [1.54, 1.807) is 24.9 Å². The lowest BCUT2D eigenvalue weighted by Crippen LogP contribution is -2.27. The summed E-state index contributed by atoms with van der Waals surface area (Å²) in [5.74, 6) is 0.222. The molecule has 1 rings (SSSR count). The van der Waals surface area contributed by atoms with Crippen LogP contribution in [0.3, 0.4) is 0 Å². The molecule has 0 aliphatic carbocycles. The van der Waals surface area contributed by atoms with Crippen LogP contribution in [0.4, 0.5) is 0 Å². The second kappa shape index (κ2) is 4.79. The Morgan fingerprint density at radius 2 is 2.36 bits per heavy atom. The number of amides is 1. The summed E-state index contributed by atoms with van der Waals surface area (Å²) >= 11 is 0. The maximum Gasteiger partial charge on any atom is 0.292 e. The van der Waals surface area contributed by atoms with Gasteiger partial charge in [-0.1, -0.05) is 18.5 Å². The molecule has 0 aromatic carbocycles. The van der Waals surface area contributed by atoms with Crippen LogP contribution in [0.2, 0.25) is 0 Å². The Morgan fingerprint density at radius 3 is 2.86 bits per heavy atom. The summed E-state index contributed by atoms with van der Waals surface area (Å²) in [4.78, 5) is 13.3. The van der Waals surface area contributed by atoms with Gasteiger partial charge in [0.1, 0.15) is 0 Å². The monoisotopic (exact) mass is 196 g/mol. The first-order valence-electron chi connectivity index (χ1n) is 4.84. The molecule has 0 bridgehead atoms. The fraction of sp³-hybridized carbons (Fsp3) is 0.600. The zero-order valence-corrected chi connectivity index (χ0v) is 8.91. The van der Waals surface area contributed by atoms with Gasteiger partial charge in [0.05, 0.1) is 5.69 Å². The van der Waals surface area contributed by atoms with Crippen LogP contribution in [-0.4, -0.2) is 29.6 Å². The van der Waals surface area contributed by atoms with Crippen molar-refractivity contribution in [2.24, 2.45) is 0 Å². The normalized spacial score (nSPS) is 10.2. The molecule has 1 aromatic rings. The smallest absolute Gasteiger partial charge is 0.292 e. The number of unbranched alkanes of at least 4 members (excludes halogenated alkanes) is 1. The van der Waals surface area contributed by atoms with E-state index in [1.807, 2.05) is 0 Å². The van der Waals surface area contributed by atoms with Crippen molar-refractivity contribution in [2.45, 2.75) is 26.7 Å². The van der Waals surface area contributed by atoms with Crippen LogP contribution in [0.1, 0.15) is 36.0 Å². The van der Waals surface area contributed by atoms with E-state index in [4.69, 9.17) is 4.52 Å². The van der Waals surface area contributed by atoms with Gasteiger partial charge in [0.15, 0.2) is 0 Å². The van der Waals surface area contributed by atoms with E-state index in [2.05, 4.69) is 12.1 Å². The van der Waals surface area contributed by atoms with Gasteiger partial charge >= 0.3 is 0 Å². The molecule has 0 unspecified atom stereocenters. The van der Waals surface area contributed by atoms with Crippen LogP contribution in [0.5, 0.6) is 0 Å². The third-order valence-electron chi connectivity index (χ3n) is 2.03. The van der Waals surface area contributed by atoms with E-state index >= 15 is 0 Å². The molecular weight excluding hydrogens is 180 g/mol. The van der Waals surface area contributed by atoms with Gasteiger partial charge < -0.3 is 9.42 Å². The summed E-state index contributed by atoms with van der Waals surface area (Å²) < 4.78 is 4.89. The summed E-state index contributed by atoms with van der Waals surface area (Å²) in [7, 11) is 1.77. The maximum atomic E-state index is 11.7. The molecule has 78 valence electrons. The summed E-state index contributed by atoms with van der Waals surface area (Å²) in [6.45, 7) is 4.65. The average Bonchev–Trinajstić information content (AvgIpc) is 2.60. The minimum absolute atomic E-state index is 0.0981. The number of hydrogen-bond donors (Lipinski definition) is 0. The van der Waals surface area contributed by atoms with Crippen LogP contribution in [-0.2, 0) is 0 Å². The zero-order chi connectivity index (χ0) is 10.6. The lowest BCUT2D eigenvalue weighted by Gasteiger charge is -2.14. The highest BCUT2D eigenvalue weighted by molar-refractivity contribution is 5.91. The fourth-order valence-electron chi connectivity index (χ4n) is 1.15. The molecule has 0 saturated heterocycles. The van der Waals surface area contributed by atoms with Crippen LogP contribution < -0.4 is 0 Å². The molecule has 0 atom stereocenters. The summed E-state index contributed by atoms with van der Waals surface area (Å²) in [5.41, 5.74) is 0.734. The van der Waals surface area contributed by atoms with Gasteiger partial charge in [-0.2, -0.15) is 0 Å². The van der Waals surface area contributed by atoms with Crippen LogP contribution in [0.25, 0.3) is 0 Å². The molecular formula is C10H16N2O2. The topological polar surface area (TPSA) is 46.3 Å². The second-order valence-electron chi connectivity index (χ2n) is 3.41. The maximum absolute atomic E-state index is 11.7. The summed E-state index contributed by atoms with van der Waals surface area (Å²) in [5, 5.41) is 3.68. The first-order valence-corrected chi connectivity index (χ1v) is 4.84. The van der Waals surface area contributed by atoms with Crippen molar-refractivity contribution in [3.8, 4) is 0 Å². The van der Waals surface area contributed by atoms with E-state index in [0.29, 0.717) is 5.76 Å². The quantitative estimate of drug-likeness (QED) is 0.738. The number of aromatic nitrogens is 1. The van der Waals surface area contributed by atoms with E-state index in [0.717, 1.165) is 25.1 Å². The van der Waals surface area contributed by atoms with E-state index in [-0.39, 0.29) is 5.91 Å². The van der Waals surface area contributed by atoms with Gasteiger partial charge in [0.25, 0.3) is 5.91 Å². The highest BCUT2D eigenvalue weighted by Gasteiger charge is 2.15. The lowest BCUT2D eigenvalue weighted by molar-refractivity contribution is 0.0752. The number of aryl methyl sites for hydroxylation is 1. The van der Waals surface area contributed by atoms with Gasteiger partial charge in [-0.3, -0.25) is 4.79 Å². The predicted molar refractivity (Wildman–Crippen MR) is 53.1 cm³/mol. The molecule has 1 amide bonds. The van der Waals surface area contributed by atoms with Gasteiger partial charge in [-0.25, -0.2) is 0 Å². The Bertz CT molecular complexity index is 307. The second-order valence-corrected chi connectivity index (χ2v) is 3.41. The zero-order valence-electron chi connectivity index (χ0n) is 8.91. The third kappa shape index (κ3) is 2.58. The molecule has 0 aliphatic heterocycles. The van der Waals surface area contributed by atoms with E-state index in [9.17, 15) is 4.79 Å². The number of carbonyl (C=O) groups is 1. The number of carbonyl (C=O) groups excluding carboxylic acids is 1. The predicted octanol–water partition coefficient (Wildman–Crippen LogP) is 1.86. The third-order valence-corrected chi connectivity index (χ3v) is 2.03. The number of rotatable bonds is 4. The molecule has 14 heavy (non-hydrogen) atoms. The van der Waals surface area contributed by atoms with Crippen molar-refractivity contribution >= 4 is 5.91 Å². The minimum Gasteiger partial charge on any atom is -0.351 e. The SMILES string of the molecule is CCCCN(C)C(=O)c1cc(C)no1.